The van der Waals surface area contributed by atoms with Gasteiger partial charge in [-0.2, -0.15) is 0 Å². The van der Waals surface area contributed by atoms with E-state index in [2.05, 4.69) is 15.3 Å². The summed E-state index contributed by atoms with van der Waals surface area (Å²) in [5.41, 5.74) is -0.273. The van der Waals surface area contributed by atoms with E-state index in [1.807, 2.05) is 4.90 Å². The molecule has 1 aromatic rings. The summed E-state index contributed by atoms with van der Waals surface area (Å²) < 4.78 is 23.7. The van der Waals surface area contributed by atoms with Gasteiger partial charge in [-0.25, -0.2) is 23.2 Å². The maximum absolute atomic E-state index is 11.9. The van der Waals surface area contributed by atoms with E-state index >= 15 is 0 Å². The first-order chi connectivity index (χ1) is 9.73. The van der Waals surface area contributed by atoms with Gasteiger partial charge in [0.25, 0.3) is 0 Å². The summed E-state index contributed by atoms with van der Waals surface area (Å²) in [5.74, 6) is 0.940. The van der Waals surface area contributed by atoms with Gasteiger partial charge in [-0.1, -0.05) is 0 Å². The maximum atomic E-state index is 11.9. The zero-order valence-electron chi connectivity index (χ0n) is 12.1. The molecule has 2 amide bonds. The first kappa shape index (κ1) is 14.1. The van der Waals surface area contributed by atoms with Gasteiger partial charge >= 0.3 is 6.03 Å². The van der Waals surface area contributed by atoms with E-state index in [1.54, 1.807) is 18.9 Å². The fraction of sp³-hybridized carbons (Fsp3) is 0.583. The SMILES string of the molecule is Cc1ncc(S(C)(=O)=O)c(N2CC3(CNC(=O)N3C)C2)n1. The number of aryl methyl sites for hydroxylation is 1. The number of hydrogen-bond acceptors (Lipinski definition) is 6. The Morgan fingerprint density at radius 1 is 1.38 bits per heavy atom. The number of hydrogen-bond donors (Lipinski definition) is 1. The second-order valence-electron chi connectivity index (χ2n) is 5.68. The third-order valence-electron chi connectivity index (χ3n) is 4.11. The molecule has 2 aliphatic rings. The molecule has 3 heterocycles. The number of rotatable bonds is 2. The summed E-state index contributed by atoms with van der Waals surface area (Å²) in [4.78, 5) is 23.5. The number of carbonyl (C=O) groups excluding carboxylic acids is 1. The molecule has 0 atom stereocenters. The van der Waals surface area contributed by atoms with Gasteiger partial charge in [0, 0.05) is 32.9 Å². The Labute approximate surface area is 123 Å². The summed E-state index contributed by atoms with van der Waals surface area (Å²) in [6, 6.07) is -0.100. The maximum Gasteiger partial charge on any atom is 0.317 e. The molecule has 8 nitrogen and oxygen atoms in total. The lowest BCUT2D eigenvalue weighted by Gasteiger charge is -2.51. The number of nitrogens with zero attached hydrogens (tertiary/aromatic N) is 4. The number of amides is 2. The highest BCUT2D eigenvalue weighted by Gasteiger charge is 2.53. The van der Waals surface area contributed by atoms with E-state index in [4.69, 9.17) is 0 Å². The van der Waals surface area contributed by atoms with Crippen LogP contribution in [0.4, 0.5) is 10.6 Å². The van der Waals surface area contributed by atoms with Crippen LogP contribution in [0.1, 0.15) is 5.82 Å². The zero-order chi connectivity index (χ0) is 15.4. The Morgan fingerprint density at radius 2 is 2.05 bits per heavy atom. The Kier molecular flexibility index (Phi) is 2.88. The molecule has 21 heavy (non-hydrogen) atoms. The van der Waals surface area contributed by atoms with Crippen molar-refractivity contribution in [1.29, 1.82) is 0 Å². The molecule has 0 aliphatic carbocycles. The van der Waals surface area contributed by atoms with Crippen LogP contribution in [-0.2, 0) is 9.84 Å². The van der Waals surface area contributed by atoms with Gasteiger partial charge in [0.2, 0.25) is 0 Å². The van der Waals surface area contributed by atoms with Crippen molar-refractivity contribution in [1.82, 2.24) is 20.2 Å². The fourth-order valence-corrected chi connectivity index (χ4v) is 3.52. The molecule has 0 radical (unpaired) electrons. The highest BCUT2D eigenvalue weighted by Crippen LogP contribution is 2.35. The largest absolute Gasteiger partial charge is 0.350 e. The van der Waals surface area contributed by atoms with Crippen molar-refractivity contribution in [2.45, 2.75) is 17.4 Å². The van der Waals surface area contributed by atoms with Crippen LogP contribution in [-0.4, -0.2) is 67.8 Å². The number of sulfone groups is 1. The summed E-state index contributed by atoms with van der Waals surface area (Å²) >= 11 is 0. The van der Waals surface area contributed by atoms with Crippen molar-refractivity contribution in [3.8, 4) is 0 Å². The zero-order valence-corrected chi connectivity index (χ0v) is 12.9. The highest BCUT2D eigenvalue weighted by molar-refractivity contribution is 7.90. The van der Waals surface area contributed by atoms with Crippen LogP contribution in [0, 0.1) is 6.92 Å². The minimum atomic E-state index is -3.39. The molecule has 3 rings (SSSR count). The highest BCUT2D eigenvalue weighted by atomic mass is 32.2. The normalized spacial score (nSPS) is 20.6. The molecule has 1 N–H and O–H groups in total. The molecule has 9 heteroatoms. The molecule has 2 fully saturated rings. The minimum absolute atomic E-state index is 0.100. The van der Waals surface area contributed by atoms with E-state index in [0.717, 1.165) is 6.26 Å². The van der Waals surface area contributed by atoms with E-state index in [1.165, 1.54) is 6.20 Å². The average Bonchev–Trinajstić information content (AvgIpc) is 2.63. The van der Waals surface area contributed by atoms with Crippen LogP contribution in [0.3, 0.4) is 0 Å². The molecule has 114 valence electrons. The first-order valence-corrected chi connectivity index (χ1v) is 8.42. The lowest BCUT2D eigenvalue weighted by atomic mass is 9.89. The van der Waals surface area contributed by atoms with Crippen molar-refractivity contribution in [2.75, 3.05) is 37.8 Å². The van der Waals surface area contributed by atoms with Crippen LogP contribution in [0.5, 0.6) is 0 Å². The van der Waals surface area contributed by atoms with E-state index < -0.39 is 9.84 Å². The van der Waals surface area contributed by atoms with Gasteiger partial charge < -0.3 is 15.1 Å². The third-order valence-corrected chi connectivity index (χ3v) is 5.20. The molecule has 0 aromatic carbocycles. The fourth-order valence-electron chi connectivity index (χ4n) is 2.77. The quantitative estimate of drug-likeness (QED) is 0.784. The molecular formula is C12H17N5O3S. The molecular weight excluding hydrogens is 294 g/mol. The Bertz CT molecular complexity index is 712. The smallest absolute Gasteiger partial charge is 0.317 e. The molecule has 2 aliphatic heterocycles. The summed E-state index contributed by atoms with van der Waals surface area (Å²) in [7, 11) is -1.64. The second-order valence-corrected chi connectivity index (χ2v) is 7.66. The standard InChI is InChI=1S/C12H17N5O3S/c1-8-13-4-9(21(3,19)20)10(15-8)17-6-12(7-17)5-14-11(18)16(12)2/h4H,5-7H2,1-3H3,(H,14,18). The van der Waals surface area contributed by atoms with Crippen molar-refractivity contribution in [3.63, 3.8) is 0 Å². The van der Waals surface area contributed by atoms with E-state index in [-0.39, 0.29) is 16.5 Å². The Morgan fingerprint density at radius 3 is 2.57 bits per heavy atom. The number of nitrogens with one attached hydrogen (secondary N) is 1. The monoisotopic (exact) mass is 311 g/mol. The lowest BCUT2D eigenvalue weighted by molar-refractivity contribution is 0.151. The van der Waals surface area contributed by atoms with Crippen LogP contribution < -0.4 is 10.2 Å². The van der Waals surface area contributed by atoms with Crippen LogP contribution >= 0.6 is 0 Å². The second kappa shape index (κ2) is 4.30. The molecule has 2 saturated heterocycles. The van der Waals surface area contributed by atoms with Gasteiger partial charge in [0.15, 0.2) is 15.7 Å². The third kappa shape index (κ3) is 2.11. The molecule has 0 saturated carbocycles. The Balaban J connectivity index is 1.91. The van der Waals surface area contributed by atoms with Gasteiger partial charge in [-0.05, 0) is 6.92 Å². The van der Waals surface area contributed by atoms with Crippen molar-refractivity contribution in [3.05, 3.63) is 12.0 Å². The average molecular weight is 311 g/mol. The van der Waals surface area contributed by atoms with Gasteiger partial charge in [-0.15, -0.1) is 0 Å². The first-order valence-electron chi connectivity index (χ1n) is 6.53. The molecule has 0 unspecified atom stereocenters. The summed E-state index contributed by atoms with van der Waals surface area (Å²) in [5, 5.41) is 2.80. The van der Waals surface area contributed by atoms with Gasteiger partial charge in [0.1, 0.15) is 10.7 Å². The van der Waals surface area contributed by atoms with Crippen molar-refractivity contribution in [2.24, 2.45) is 0 Å². The summed E-state index contributed by atoms with van der Waals surface area (Å²) in [6.45, 7) is 3.40. The lowest BCUT2D eigenvalue weighted by Crippen LogP contribution is -2.69. The van der Waals surface area contributed by atoms with E-state index in [0.29, 0.717) is 31.3 Å². The number of likely N-dealkylation sites (N-methyl/N-ethyl adjacent to an activating group) is 1. The van der Waals surface area contributed by atoms with Crippen LogP contribution in [0.25, 0.3) is 0 Å². The minimum Gasteiger partial charge on any atom is -0.350 e. The van der Waals surface area contributed by atoms with Crippen LogP contribution in [0.15, 0.2) is 11.1 Å². The number of urea groups is 1. The number of anilines is 1. The van der Waals surface area contributed by atoms with Gasteiger partial charge in [-0.3, -0.25) is 0 Å². The Hall–Kier alpha value is -1.90. The predicted octanol–water partition coefficient (Wildman–Crippen LogP) is -0.598. The molecule has 1 aromatic heterocycles. The molecule has 1 spiro atoms. The summed E-state index contributed by atoms with van der Waals surface area (Å²) in [6.07, 6.45) is 2.49. The van der Waals surface area contributed by atoms with Crippen molar-refractivity contribution >= 4 is 21.7 Å². The topological polar surface area (TPSA) is 95.5 Å². The van der Waals surface area contributed by atoms with Crippen molar-refractivity contribution < 1.29 is 13.2 Å². The molecule has 0 bridgehead atoms. The van der Waals surface area contributed by atoms with E-state index in [9.17, 15) is 13.2 Å². The van der Waals surface area contributed by atoms with Gasteiger partial charge in [0.05, 0.1) is 11.7 Å². The number of aromatic nitrogens is 2. The number of carbonyl (C=O) groups is 1. The van der Waals surface area contributed by atoms with Crippen LogP contribution in [0.2, 0.25) is 0 Å². The predicted molar refractivity (Wildman–Crippen MR) is 76.0 cm³/mol.